The normalized spacial score (nSPS) is 27.4. The average molecular weight is 394 g/mol. The van der Waals surface area contributed by atoms with Crippen LogP contribution < -0.4 is 5.32 Å². The van der Waals surface area contributed by atoms with Crippen LogP contribution in [0.2, 0.25) is 0 Å². The maximum Gasteiger partial charge on any atom is 0.261 e. The van der Waals surface area contributed by atoms with Gasteiger partial charge in [-0.15, -0.1) is 11.3 Å². The van der Waals surface area contributed by atoms with E-state index in [0.717, 1.165) is 26.1 Å². The average Bonchev–Trinajstić information content (AvgIpc) is 2.99. The number of nitrogens with one attached hydrogen (secondary N) is 1. The highest BCUT2D eigenvalue weighted by Crippen LogP contribution is 2.33. The van der Waals surface area contributed by atoms with Gasteiger partial charge in [-0.2, -0.15) is 0 Å². The van der Waals surface area contributed by atoms with E-state index in [-0.39, 0.29) is 5.91 Å². The lowest BCUT2D eigenvalue weighted by atomic mass is 10.1. The van der Waals surface area contributed by atoms with Crippen molar-refractivity contribution in [3.8, 4) is 0 Å². The first-order valence-corrected chi connectivity index (χ1v) is 8.55. The summed E-state index contributed by atoms with van der Waals surface area (Å²) in [7, 11) is 0. The number of halogens is 2. The second-order valence-electron chi connectivity index (χ2n) is 4.85. The molecule has 0 saturated carbocycles. The van der Waals surface area contributed by atoms with Crippen molar-refractivity contribution in [2.24, 2.45) is 0 Å². The lowest BCUT2D eigenvalue weighted by Gasteiger charge is -2.20. The summed E-state index contributed by atoms with van der Waals surface area (Å²) >= 11 is 8.32. The number of hydrogen-bond donors (Lipinski definition) is 1. The zero-order chi connectivity index (χ0) is 12.7. The van der Waals surface area contributed by atoms with Crippen molar-refractivity contribution in [2.45, 2.75) is 31.3 Å². The molecule has 0 spiro atoms. The Kier molecular flexibility index (Phi) is 3.80. The van der Waals surface area contributed by atoms with Gasteiger partial charge in [0.05, 0.1) is 8.66 Å². The van der Waals surface area contributed by atoms with Crippen LogP contribution >= 0.6 is 43.2 Å². The number of carbonyl (C=O) groups is 1. The topological polar surface area (TPSA) is 32.3 Å². The first kappa shape index (κ1) is 13.1. The van der Waals surface area contributed by atoms with Crippen LogP contribution in [-0.4, -0.2) is 36.0 Å². The Morgan fingerprint density at radius 2 is 2.22 bits per heavy atom. The number of rotatable bonds is 2. The van der Waals surface area contributed by atoms with Gasteiger partial charge in [0.15, 0.2) is 0 Å². The van der Waals surface area contributed by atoms with E-state index in [4.69, 9.17) is 0 Å². The van der Waals surface area contributed by atoms with Gasteiger partial charge in [-0.3, -0.25) is 9.69 Å². The SMILES string of the molecule is O=C(NC1CCN2CCCC12)c1cc(Br)c(Br)s1. The molecule has 0 radical (unpaired) electrons. The van der Waals surface area contributed by atoms with Crippen molar-refractivity contribution in [3.63, 3.8) is 0 Å². The minimum Gasteiger partial charge on any atom is -0.347 e. The summed E-state index contributed by atoms with van der Waals surface area (Å²) in [6.45, 7) is 2.33. The Bertz CT molecular complexity index is 457. The Balaban J connectivity index is 1.67. The van der Waals surface area contributed by atoms with Crippen LogP contribution in [0.4, 0.5) is 0 Å². The van der Waals surface area contributed by atoms with Crippen molar-refractivity contribution >= 4 is 49.1 Å². The third-order valence-electron chi connectivity index (χ3n) is 3.79. The molecule has 6 heteroatoms. The molecule has 2 aliphatic heterocycles. The summed E-state index contributed by atoms with van der Waals surface area (Å²) in [5.74, 6) is 0.0603. The third-order valence-corrected chi connectivity index (χ3v) is 7.05. The summed E-state index contributed by atoms with van der Waals surface area (Å²) < 4.78 is 1.92. The number of nitrogens with zero attached hydrogens (tertiary/aromatic N) is 1. The Hall–Kier alpha value is 0.0900. The number of thiophene rings is 1. The lowest BCUT2D eigenvalue weighted by Crippen LogP contribution is -2.42. The first-order chi connectivity index (χ1) is 8.65. The van der Waals surface area contributed by atoms with Crippen LogP contribution in [-0.2, 0) is 0 Å². The smallest absolute Gasteiger partial charge is 0.261 e. The predicted octanol–water partition coefficient (Wildman–Crippen LogP) is 3.24. The zero-order valence-electron chi connectivity index (χ0n) is 9.79. The monoisotopic (exact) mass is 392 g/mol. The van der Waals surface area contributed by atoms with Crippen molar-refractivity contribution in [1.82, 2.24) is 10.2 Å². The van der Waals surface area contributed by atoms with E-state index in [2.05, 4.69) is 42.1 Å². The summed E-state index contributed by atoms with van der Waals surface area (Å²) in [6.07, 6.45) is 3.58. The maximum atomic E-state index is 12.2. The van der Waals surface area contributed by atoms with Gasteiger partial charge in [-0.25, -0.2) is 0 Å². The van der Waals surface area contributed by atoms with Crippen LogP contribution in [0.25, 0.3) is 0 Å². The van der Waals surface area contributed by atoms with Gasteiger partial charge in [0.1, 0.15) is 0 Å². The van der Waals surface area contributed by atoms with E-state index >= 15 is 0 Å². The summed E-state index contributed by atoms with van der Waals surface area (Å²) in [5, 5.41) is 3.20. The fourth-order valence-corrected chi connectivity index (χ4v) is 4.89. The van der Waals surface area contributed by atoms with Crippen LogP contribution in [0.15, 0.2) is 14.3 Å². The second kappa shape index (κ2) is 5.23. The number of hydrogen-bond acceptors (Lipinski definition) is 3. The van der Waals surface area contributed by atoms with Gasteiger partial charge in [0.2, 0.25) is 0 Å². The molecule has 2 fully saturated rings. The molecule has 1 amide bonds. The maximum absolute atomic E-state index is 12.2. The van der Waals surface area contributed by atoms with E-state index in [0.29, 0.717) is 12.1 Å². The molecule has 2 unspecified atom stereocenters. The zero-order valence-corrected chi connectivity index (χ0v) is 13.8. The van der Waals surface area contributed by atoms with Crippen LogP contribution in [0.3, 0.4) is 0 Å². The molecule has 1 aromatic heterocycles. The minimum absolute atomic E-state index is 0.0603. The Labute approximate surface area is 127 Å². The standard InChI is InChI=1S/C12H14Br2N2OS/c13-7-6-10(18-11(7)14)12(17)15-8-3-5-16-4-1-2-9(8)16/h6,8-9H,1-5H2,(H,15,17). The highest BCUT2D eigenvalue weighted by atomic mass is 79.9. The van der Waals surface area contributed by atoms with Gasteiger partial charge < -0.3 is 5.32 Å². The molecule has 3 nitrogen and oxygen atoms in total. The van der Waals surface area contributed by atoms with E-state index in [1.54, 1.807) is 0 Å². The van der Waals surface area contributed by atoms with E-state index in [1.807, 2.05) is 6.07 Å². The third kappa shape index (κ3) is 2.40. The van der Waals surface area contributed by atoms with Gasteiger partial charge in [0, 0.05) is 23.1 Å². The lowest BCUT2D eigenvalue weighted by molar-refractivity contribution is 0.0933. The van der Waals surface area contributed by atoms with Crippen molar-refractivity contribution in [2.75, 3.05) is 13.1 Å². The van der Waals surface area contributed by atoms with Gasteiger partial charge >= 0.3 is 0 Å². The summed E-state index contributed by atoms with van der Waals surface area (Å²) in [5.41, 5.74) is 0. The van der Waals surface area contributed by atoms with E-state index in [9.17, 15) is 4.79 Å². The highest BCUT2D eigenvalue weighted by molar-refractivity contribution is 9.13. The van der Waals surface area contributed by atoms with Gasteiger partial charge in [0.25, 0.3) is 5.91 Å². The minimum atomic E-state index is 0.0603. The number of carbonyl (C=O) groups excluding carboxylic acids is 1. The highest BCUT2D eigenvalue weighted by Gasteiger charge is 2.37. The molecule has 2 atom stereocenters. The number of fused-ring (bicyclic) bond motifs is 1. The quantitative estimate of drug-likeness (QED) is 0.836. The molecule has 18 heavy (non-hydrogen) atoms. The fraction of sp³-hybridized carbons (Fsp3) is 0.583. The largest absolute Gasteiger partial charge is 0.347 e. The first-order valence-electron chi connectivity index (χ1n) is 6.15. The predicted molar refractivity (Wildman–Crippen MR) is 80.2 cm³/mol. The summed E-state index contributed by atoms with van der Waals surface area (Å²) in [6, 6.07) is 2.78. The van der Waals surface area contributed by atoms with Gasteiger partial charge in [-0.1, -0.05) is 0 Å². The Morgan fingerprint density at radius 3 is 2.94 bits per heavy atom. The van der Waals surface area contributed by atoms with E-state index < -0.39 is 0 Å². The molecule has 1 aromatic rings. The van der Waals surface area contributed by atoms with Crippen molar-refractivity contribution in [1.29, 1.82) is 0 Å². The molecule has 1 N–H and O–H groups in total. The molecule has 3 rings (SSSR count). The molecule has 98 valence electrons. The van der Waals surface area contributed by atoms with E-state index in [1.165, 1.54) is 30.7 Å². The molecule has 2 saturated heterocycles. The summed E-state index contributed by atoms with van der Waals surface area (Å²) in [4.78, 5) is 15.5. The van der Waals surface area contributed by atoms with Crippen LogP contribution in [0, 0.1) is 0 Å². The molecule has 0 bridgehead atoms. The Morgan fingerprint density at radius 1 is 1.39 bits per heavy atom. The van der Waals surface area contributed by atoms with Crippen molar-refractivity contribution < 1.29 is 4.79 Å². The molecular formula is C12H14Br2N2OS. The molecule has 2 aliphatic rings. The number of amides is 1. The fourth-order valence-electron chi connectivity index (χ4n) is 2.95. The second-order valence-corrected chi connectivity index (χ2v) is 8.07. The molecule has 0 aromatic carbocycles. The molecular weight excluding hydrogens is 380 g/mol. The molecule has 3 heterocycles. The van der Waals surface area contributed by atoms with Crippen LogP contribution in [0.1, 0.15) is 28.9 Å². The van der Waals surface area contributed by atoms with Crippen molar-refractivity contribution in [3.05, 3.63) is 19.2 Å². The van der Waals surface area contributed by atoms with Gasteiger partial charge in [-0.05, 0) is 63.7 Å². The van der Waals surface area contributed by atoms with Crippen LogP contribution in [0.5, 0.6) is 0 Å². The molecule has 0 aliphatic carbocycles.